The van der Waals surface area contributed by atoms with E-state index in [0.717, 1.165) is 23.6 Å². The van der Waals surface area contributed by atoms with Gasteiger partial charge in [0, 0.05) is 30.8 Å². The molecule has 1 atom stereocenters. The lowest BCUT2D eigenvalue weighted by Gasteiger charge is -2.28. The third kappa shape index (κ3) is 4.73. The Kier molecular flexibility index (Phi) is 6.12. The first-order valence-corrected chi connectivity index (χ1v) is 6.61. The molecule has 0 radical (unpaired) electrons. The van der Waals surface area contributed by atoms with E-state index in [-0.39, 0.29) is 6.10 Å². The number of aliphatic hydroxyl groups excluding tert-OH is 1. The van der Waals surface area contributed by atoms with Crippen LogP contribution in [-0.2, 0) is 6.54 Å². The molecule has 0 saturated carbocycles. The van der Waals surface area contributed by atoms with Gasteiger partial charge in [0.1, 0.15) is 11.5 Å². The fraction of sp³-hybridized carbons (Fsp3) is 0.600. The third-order valence-electron chi connectivity index (χ3n) is 3.10. The van der Waals surface area contributed by atoms with Gasteiger partial charge in [0.05, 0.1) is 20.3 Å². The molecule has 1 aromatic rings. The molecule has 0 aliphatic carbocycles. The first-order valence-electron chi connectivity index (χ1n) is 6.61. The average Bonchev–Trinajstić information content (AvgIpc) is 2.37. The maximum atomic E-state index is 9.57. The molecule has 0 aliphatic rings. The van der Waals surface area contributed by atoms with Gasteiger partial charge in [0.25, 0.3) is 0 Å². The molecule has 1 N–H and O–H groups in total. The van der Waals surface area contributed by atoms with E-state index in [2.05, 4.69) is 18.7 Å². The molecular weight excluding hydrogens is 242 g/mol. The van der Waals surface area contributed by atoms with Crippen molar-refractivity contribution in [2.24, 2.45) is 0 Å². The highest BCUT2D eigenvalue weighted by Crippen LogP contribution is 2.26. The quantitative estimate of drug-likeness (QED) is 0.823. The van der Waals surface area contributed by atoms with E-state index in [1.54, 1.807) is 21.1 Å². The standard InChI is InChI=1S/C15H25NO3/c1-11(2)16(9-12(3)17)10-13-6-7-14(18-4)8-15(13)19-5/h6-8,11-12,17H,9-10H2,1-5H3. The predicted octanol–water partition coefficient (Wildman–Crippen LogP) is 2.29. The van der Waals surface area contributed by atoms with E-state index in [9.17, 15) is 5.11 Å². The molecule has 1 aromatic carbocycles. The second-order valence-corrected chi connectivity index (χ2v) is 5.05. The monoisotopic (exact) mass is 267 g/mol. The van der Waals surface area contributed by atoms with Crippen molar-refractivity contribution in [3.05, 3.63) is 23.8 Å². The Bertz CT molecular complexity index is 391. The van der Waals surface area contributed by atoms with Gasteiger partial charge in [0.15, 0.2) is 0 Å². The van der Waals surface area contributed by atoms with Crippen molar-refractivity contribution in [3.8, 4) is 11.5 Å². The molecule has 0 heterocycles. The maximum Gasteiger partial charge on any atom is 0.127 e. The number of hydrogen-bond acceptors (Lipinski definition) is 4. The summed E-state index contributed by atoms with van der Waals surface area (Å²) >= 11 is 0. The lowest BCUT2D eigenvalue weighted by atomic mass is 10.1. The largest absolute Gasteiger partial charge is 0.497 e. The SMILES string of the molecule is COc1ccc(CN(CC(C)O)C(C)C)c(OC)c1. The van der Waals surface area contributed by atoms with Gasteiger partial charge in [-0.05, 0) is 26.8 Å². The molecule has 4 heteroatoms. The van der Waals surface area contributed by atoms with Crippen molar-refractivity contribution in [2.45, 2.75) is 39.5 Å². The van der Waals surface area contributed by atoms with Crippen LogP contribution in [0.1, 0.15) is 26.3 Å². The second-order valence-electron chi connectivity index (χ2n) is 5.05. The van der Waals surface area contributed by atoms with Crippen LogP contribution in [0.25, 0.3) is 0 Å². The summed E-state index contributed by atoms with van der Waals surface area (Å²) in [5, 5.41) is 9.57. The van der Waals surface area contributed by atoms with Crippen LogP contribution in [0.15, 0.2) is 18.2 Å². The fourth-order valence-corrected chi connectivity index (χ4v) is 2.00. The first-order chi connectivity index (χ1) is 8.97. The van der Waals surface area contributed by atoms with Gasteiger partial charge >= 0.3 is 0 Å². The summed E-state index contributed by atoms with van der Waals surface area (Å²) in [5.41, 5.74) is 1.10. The van der Waals surface area contributed by atoms with Crippen molar-refractivity contribution in [2.75, 3.05) is 20.8 Å². The Hall–Kier alpha value is -1.26. The van der Waals surface area contributed by atoms with Crippen molar-refractivity contribution in [1.29, 1.82) is 0 Å². The van der Waals surface area contributed by atoms with E-state index in [1.807, 2.05) is 18.2 Å². The lowest BCUT2D eigenvalue weighted by molar-refractivity contribution is 0.102. The van der Waals surface area contributed by atoms with Gasteiger partial charge in [-0.25, -0.2) is 0 Å². The molecule has 0 aromatic heterocycles. The van der Waals surface area contributed by atoms with Crippen LogP contribution in [0, 0.1) is 0 Å². The third-order valence-corrected chi connectivity index (χ3v) is 3.10. The first kappa shape index (κ1) is 15.8. The van der Waals surface area contributed by atoms with Gasteiger partial charge in [0.2, 0.25) is 0 Å². The van der Waals surface area contributed by atoms with E-state index in [4.69, 9.17) is 9.47 Å². The number of rotatable bonds is 7. The minimum absolute atomic E-state index is 0.341. The summed E-state index contributed by atoms with van der Waals surface area (Å²) in [6.45, 7) is 7.44. The van der Waals surface area contributed by atoms with E-state index in [0.29, 0.717) is 12.6 Å². The van der Waals surface area contributed by atoms with Gasteiger partial charge in [-0.3, -0.25) is 4.90 Å². The minimum atomic E-state index is -0.341. The molecule has 0 saturated heterocycles. The summed E-state index contributed by atoms with van der Waals surface area (Å²) < 4.78 is 10.6. The molecule has 0 aliphatic heterocycles. The molecule has 0 bridgehead atoms. The summed E-state index contributed by atoms with van der Waals surface area (Å²) in [7, 11) is 3.30. The zero-order valence-electron chi connectivity index (χ0n) is 12.5. The number of hydrogen-bond donors (Lipinski definition) is 1. The number of ether oxygens (including phenoxy) is 2. The Balaban J connectivity index is 2.89. The highest BCUT2D eigenvalue weighted by molar-refractivity contribution is 5.40. The molecule has 19 heavy (non-hydrogen) atoms. The normalized spacial score (nSPS) is 12.8. The predicted molar refractivity (Wildman–Crippen MR) is 76.8 cm³/mol. The Morgan fingerprint density at radius 3 is 2.32 bits per heavy atom. The van der Waals surface area contributed by atoms with Gasteiger partial charge in [-0.2, -0.15) is 0 Å². The zero-order valence-corrected chi connectivity index (χ0v) is 12.5. The minimum Gasteiger partial charge on any atom is -0.497 e. The van der Waals surface area contributed by atoms with Gasteiger partial charge in [-0.1, -0.05) is 6.07 Å². The number of benzene rings is 1. The van der Waals surface area contributed by atoms with Crippen LogP contribution in [0.4, 0.5) is 0 Å². The number of methoxy groups -OCH3 is 2. The van der Waals surface area contributed by atoms with Crippen LogP contribution in [0.5, 0.6) is 11.5 Å². The molecule has 0 fully saturated rings. The lowest BCUT2D eigenvalue weighted by Crippen LogP contribution is -2.36. The van der Waals surface area contributed by atoms with E-state index in [1.165, 1.54) is 0 Å². The van der Waals surface area contributed by atoms with E-state index >= 15 is 0 Å². The molecular formula is C15H25NO3. The summed E-state index contributed by atoms with van der Waals surface area (Å²) in [6.07, 6.45) is -0.341. The van der Waals surface area contributed by atoms with Crippen LogP contribution in [-0.4, -0.2) is 42.9 Å². The van der Waals surface area contributed by atoms with Crippen molar-refractivity contribution < 1.29 is 14.6 Å². The summed E-state index contributed by atoms with van der Waals surface area (Å²) in [6, 6.07) is 6.19. The second kappa shape index (κ2) is 7.36. The Morgan fingerprint density at radius 1 is 1.16 bits per heavy atom. The maximum absolute atomic E-state index is 9.57. The zero-order chi connectivity index (χ0) is 14.4. The van der Waals surface area contributed by atoms with Gasteiger partial charge in [-0.15, -0.1) is 0 Å². The summed E-state index contributed by atoms with van der Waals surface area (Å²) in [5.74, 6) is 1.60. The topological polar surface area (TPSA) is 41.9 Å². The van der Waals surface area contributed by atoms with E-state index < -0.39 is 0 Å². The van der Waals surface area contributed by atoms with Crippen LogP contribution in [0.3, 0.4) is 0 Å². The Morgan fingerprint density at radius 2 is 1.84 bits per heavy atom. The number of nitrogens with zero attached hydrogens (tertiary/aromatic N) is 1. The molecule has 4 nitrogen and oxygen atoms in total. The highest BCUT2D eigenvalue weighted by atomic mass is 16.5. The van der Waals surface area contributed by atoms with Crippen molar-refractivity contribution >= 4 is 0 Å². The molecule has 0 spiro atoms. The summed E-state index contributed by atoms with van der Waals surface area (Å²) in [4.78, 5) is 2.22. The molecule has 1 unspecified atom stereocenters. The molecule has 108 valence electrons. The molecule has 1 rings (SSSR count). The molecule has 0 amide bonds. The van der Waals surface area contributed by atoms with Crippen LogP contribution >= 0.6 is 0 Å². The highest BCUT2D eigenvalue weighted by Gasteiger charge is 2.15. The average molecular weight is 267 g/mol. The fourth-order valence-electron chi connectivity index (χ4n) is 2.00. The smallest absolute Gasteiger partial charge is 0.127 e. The van der Waals surface area contributed by atoms with Crippen molar-refractivity contribution in [1.82, 2.24) is 4.90 Å². The van der Waals surface area contributed by atoms with Crippen molar-refractivity contribution in [3.63, 3.8) is 0 Å². The van der Waals surface area contributed by atoms with Crippen LogP contribution in [0.2, 0.25) is 0 Å². The van der Waals surface area contributed by atoms with Crippen LogP contribution < -0.4 is 9.47 Å². The van der Waals surface area contributed by atoms with Gasteiger partial charge < -0.3 is 14.6 Å². The Labute approximate surface area is 115 Å². The number of aliphatic hydroxyl groups is 1.